The van der Waals surface area contributed by atoms with Gasteiger partial charge in [-0.05, 0) is 12.1 Å². The minimum atomic E-state index is -0.327. The third-order valence-corrected chi connectivity index (χ3v) is 1.76. The maximum absolute atomic E-state index is 10.9. The van der Waals surface area contributed by atoms with Crippen molar-refractivity contribution in [1.82, 2.24) is 4.90 Å². The lowest BCUT2D eigenvalue weighted by Gasteiger charge is -2.13. The van der Waals surface area contributed by atoms with Crippen LogP contribution in [0.4, 0.5) is 4.79 Å². The van der Waals surface area contributed by atoms with Crippen LogP contribution in [-0.2, 0) is 11.2 Å². The fraction of sp³-hybridized carbons (Fsp3) is 0.444. The van der Waals surface area contributed by atoms with Crippen molar-refractivity contribution in [3.8, 4) is 0 Å². The highest BCUT2D eigenvalue weighted by atomic mass is 16.5. The second-order valence-electron chi connectivity index (χ2n) is 2.72. The Hall–Kier alpha value is -1.45. The number of hydrogen-bond acceptors (Lipinski definition) is 3. The second-order valence-corrected chi connectivity index (χ2v) is 2.72. The molecule has 0 aliphatic rings. The summed E-state index contributed by atoms with van der Waals surface area (Å²) in [5.74, 6) is 0.871. The van der Waals surface area contributed by atoms with Gasteiger partial charge in [0.15, 0.2) is 0 Å². The molecule has 4 heteroatoms. The van der Waals surface area contributed by atoms with Gasteiger partial charge in [-0.25, -0.2) is 4.79 Å². The Morgan fingerprint density at radius 2 is 2.46 bits per heavy atom. The Morgan fingerprint density at radius 1 is 1.69 bits per heavy atom. The number of carbonyl (C=O) groups is 1. The fourth-order valence-electron chi connectivity index (χ4n) is 0.980. The molecule has 0 bridgehead atoms. The third-order valence-electron chi connectivity index (χ3n) is 1.76. The van der Waals surface area contributed by atoms with Crippen LogP contribution in [0, 0.1) is 0 Å². The van der Waals surface area contributed by atoms with Crippen molar-refractivity contribution in [3.63, 3.8) is 0 Å². The number of carbonyl (C=O) groups excluding carboxylic acids is 1. The first kappa shape index (κ1) is 9.64. The van der Waals surface area contributed by atoms with Crippen LogP contribution in [0.1, 0.15) is 5.76 Å². The van der Waals surface area contributed by atoms with E-state index in [0.717, 1.165) is 5.76 Å². The maximum Gasteiger partial charge on any atom is 0.409 e. The predicted octanol–water partition coefficient (Wildman–Crippen LogP) is 1.52. The summed E-state index contributed by atoms with van der Waals surface area (Å²) >= 11 is 0. The highest BCUT2D eigenvalue weighted by Crippen LogP contribution is 2.02. The van der Waals surface area contributed by atoms with Crippen LogP contribution in [0.5, 0.6) is 0 Å². The van der Waals surface area contributed by atoms with Crippen molar-refractivity contribution < 1.29 is 13.9 Å². The van der Waals surface area contributed by atoms with E-state index < -0.39 is 0 Å². The number of ether oxygens (including phenoxy) is 1. The summed E-state index contributed by atoms with van der Waals surface area (Å²) < 4.78 is 9.66. The number of nitrogens with zero attached hydrogens (tertiary/aromatic N) is 1. The Labute approximate surface area is 77.1 Å². The van der Waals surface area contributed by atoms with E-state index in [0.29, 0.717) is 13.0 Å². The fourth-order valence-corrected chi connectivity index (χ4v) is 0.980. The summed E-state index contributed by atoms with van der Waals surface area (Å²) in [5.41, 5.74) is 0. The molecule has 1 aromatic heterocycles. The van der Waals surface area contributed by atoms with E-state index in [2.05, 4.69) is 4.74 Å². The van der Waals surface area contributed by atoms with Crippen LogP contribution >= 0.6 is 0 Å². The van der Waals surface area contributed by atoms with Gasteiger partial charge in [0.25, 0.3) is 0 Å². The molecule has 1 aromatic rings. The van der Waals surface area contributed by atoms with Gasteiger partial charge in [0.05, 0.1) is 13.4 Å². The van der Waals surface area contributed by atoms with Crippen molar-refractivity contribution in [3.05, 3.63) is 24.2 Å². The number of likely N-dealkylation sites (N-methyl/N-ethyl adjacent to an activating group) is 1. The molecule has 0 aliphatic carbocycles. The van der Waals surface area contributed by atoms with Gasteiger partial charge in [-0.1, -0.05) is 0 Å². The lowest BCUT2D eigenvalue weighted by molar-refractivity contribution is 0.133. The highest BCUT2D eigenvalue weighted by molar-refractivity contribution is 5.66. The van der Waals surface area contributed by atoms with Crippen LogP contribution in [0.25, 0.3) is 0 Å². The van der Waals surface area contributed by atoms with Crippen molar-refractivity contribution in [2.75, 3.05) is 20.7 Å². The molecule has 0 saturated heterocycles. The number of methoxy groups -OCH3 is 1. The Morgan fingerprint density at radius 3 is 3.00 bits per heavy atom. The molecule has 0 aromatic carbocycles. The molecule has 0 aliphatic heterocycles. The Balaban J connectivity index is 2.30. The van der Waals surface area contributed by atoms with Gasteiger partial charge in [-0.2, -0.15) is 0 Å². The molecule has 0 saturated carbocycles. The zero-order valence-corrected chi connectivity index (χ0v) is 7.82. The largest absolute Gasteiger partial charge is 0.469 e. The molecule has 0 radical (unpaired) electrons. The molecular weight excluding hydrogens is 170 g/mol. The minimum Gasteiger partial charge on any atom is -0.469 e. The molecule has 0 N–H and O–H groups in total. The minimum absolute atomic E-state index is 0.327. The van der Waals surface area contributed by atoms with Crippen LogP contribution in [0.2, 0.25) is 0 Å². The lowest BCUT2D eigenvalue weighted by Crippen LogP contribution is -2.28. The summed E-state index contributed by atoms with van der Waals surface area (Å²) in [6, 6.07) is 3.71. The van der Waals surface area contributed by atoms with Crippen LogP contribution in [0.3, 0.4) is 0 Å². The number of amides is 1. The second kappa shape index (κ2) is 4.54. The van der Waals surface area contributed by atoms with Crippen LogP contribution < -0.4 is 0 Å². The summed E-state index contributed by atoms with van der Waals surface area (Å²) in [6.45, 7) is 0.597. The van der Waals surface area contributed by atoms with E-state index in [1.807, 2.05) is 12.1 Å². The maximum atomic E-state index is 10.9. The standard InChI is InChI=1S/C9H13NO3/c1-10(9(11)12-2)6-5-8-4-3-7-13-8/h3-4,7H,5-6H2,1-2H3. The molecule has 4 nitrogen and oxygen atoms in total. The van der Waals surface area contributed by atoms with Gasteiger partial charge in [0, 0.05) is 20.0 Å². The molecule has 0 unspecified atom stereocenters. The van der Waals surface area contributed by atoms with Crippen LogP contribution in [-0.4, -0.2) is 31.7 Å². The quantitative estimate of drug-likeness (QED) is 0.713. The molecule has 1 amide bonds. The van der Waals surface area contributed by atoms with E-state index in [1.165, 1.54) is 12.0 Å². The van der Waals surface area contributed by atoms with Crippen molar-refractivity contribution in [2.45, 2.75) is 6.42 Å². The average molecular weight is 183 g/mol. The molecule has 0 atom stereocenters. The molecule has 1 rings (SSSR count). The van der Waals surface area contributed by atoms with E-state index in [1.54, 1.807) is 13.3 Å². The first-order valence-corrected chi connectivity index (χ1v) is 4.05. The Bertz CT molecular complexity index is 256. The smallest absolute Gasteiger partial charge is 0.409 e. The number of hydrogen-bond donors (Lipinski definition) is 0. The zero-order chi connectivity index (χ0) is 9.68. The van der Waals surface area contributed by atoms with Gasteiger partial charge in [0.2, 0.25) is 0 Å². The molecule has 13 heavy (non-hydrogen) atoms. The molecule has 0 spiro atoms. The first-order chi connectivity index (χ1) is 6.24. The van der Waals surface area contributed by atoms with Crippen molar-refractivity contribution in [2.24, 2.45) is 0 Å². The molecule has 0 fully saturated rings. The van der Waals surface area contributed by atoms with Gasteiger partial charge >= 0.3 is 6.09 Å². The third kappa shape index (κ3) is 2.82. The number of rotatable bonds is 3. The number of furan rings is 1. The van der Waals surface area contributed by atoms with E-state index >= 15 is 0 Å². The van der Waals surface area contributed by atoms with E-state index in [4.69, 9.17) is 4.42 Å². The van der Waals surface area contributed by atoms with Crippen LogP contribution in [0.15, 0.2) is 22.8 Å². The summed E-state index contributed by atoms with van der Waals surface area (Å²) in [4.78, 5) is 12.4. The van der Waals surface area contributed by atoms with Crippen molar-refractivity contribution >= 4 is 6.09 Å². The SMILES string of the molecule is COC(=O)N(C)CCc1ccco1. The predicted molar refractivity (Wildman–Crippen MR) is 47.4 cm³/mol. The summed E-state index contributed by atoms with van der Waals surface area (Å²) in [7, 11) is 3.06. The molecule has 72 valence electrons. The monoisotopic (exact) mass is 183 g/mol. The van der Waals surface area contributed by atoms with Gasteiger partial charge < -0.3 is 14.1 Å². The van der Waals surface area contributed by atoms with E-state index in [-0.39, 0.29) is 6.09 Å². The van der Waals surface area contributed by atoms with Gasteiger partial charge in [0.1, 0.15) is 5.76 Å². The summed E-state index contributed by atoms with van der Waals surface area (Å²) in [6.07, 6.45) is 2.00. The highest BCUT2D eigenvalue weighted by Gasteiger charge is 2.07. The van der Waals surface area contributed by atoms with Gasteiger partial charge in [-0.3, -0.25) is 0 Å². The van der Waals surface area contributed by atoms with Gasteiger partial charge in [-0.15, -0.1) is 0 Å². The Kier molecular flexibility index (Phi) is 3.37. The molecule has 1 heterocycles. The normalized spacial score (nSPS) is 9.69. The topological polar surface area (TPSA) is 42.7 Å². The first-order valence-electron chi connectivity index (χ1n) is 4.05. The van der Waals surface area contributed by atoms with Crippen molar-refractivity contribution in [1.29, 1.82) is 0 Å². The summed E-state index contributed by atoms with van der Waals surface area (Å²) in [5, 5.41) is 0. The van der Waals surface area contributed by atoms with E-state index in [9.17, 15) is 4.79 Å². The average Bonchev–Trinajstić information content (AvgIpc) is 2.65. The lowest BCUT2D eigenvalue weighted by atomic mass is 10.3. The molecular formula is C9H13NO3. The zero-order valence-electron chi connectivity index (χ0n) is 7.82.